The molecule has 3 nitrogen and oxygen atoms in total. The summed E-state index contributed by atoms with van der Waals surface area (Å²) in [4.78, 5) is 11.7. The molecule has 7 heteroatoms. The fourth-order valence-corrected chi connectivity index (χ4v) is 2.49. The largest absolute Gasteiger partial charge is 0.325 e. The molecule has 1 saturated heterocycles. The van der Waals surface area contributed by atoms with E-state index in [1.807, 2.05) is 0 Å². The third kappa shape index (κ3) is 3.83. The van der Waals surface area contributed by atoms with Crippen molar-refractivity contribution in [1.29, 1.82) is 0 Å². The van der Waals surface area contributed by atoms with Crippen molar-refractivity contribution in [2.75, 3.05) is 16.9 Å². The van der Waals surface area contributed by atoms with Gasteiger partial charge in [0.25, 0.3) is 6.43 Å². The standard InChI is InChI=1S/C11H12F2N2OS.ClH/c12-10(13)7-2-1-3-8(4-7)15-11(16)9-5-17-6-14-9;/h1-4,9-10,14H,5-6H2,(H,15,16);1H. The topological polar surface area (TPSA) is 41.1 Å². The lowest BCUT2D eigenvalue weighted by atomic mass is 10.2. The summed E-state index contributed by atoms with van der Waals surface area (Å²) in [5, 5.41) is 5.65. The molecule has 1 heterocycles. The number of amides is 1. The fourth-order valence-electron chi connectivity index (χ4n) is 1.55. The Morgan fingerprint density at radius 1 is 1.50 bits per heavy atom. The third-order valence-corrected chi connectivity index (χ3v) is 3.38. The van der Waals surface area contributed by atoms with Crippen molar-refractivity contribution >= 4 is 35.8 Å². The highest BCUT2D eigenvalue weighted by atomic mass is 35.5. The van der Waals surface area contributed by atoms with Crippen LogP contribution in [0.25, 0.3) is 0 Å². The molecule has 0 saturated carbocycles. The molecule has 1 atom stereocenters. The Labute approximate surface area is 114 Å². The van der Waals surface area contributed by atoms with Crippen LogP contribution in [0, 0.1) is 0 Å². The summed E-state index contributed by atoms with van der Waals surface area (Å²) in [5.41, 5.74) is 0.322. The lowest BCUT2D eigenvalue weighted by Crippen LogP contribution is -2.37. The van der Waals surface area contributed by atoms with Crippen molar-refractivity contribution < 1.29 is 13.6 Å². The molecule has 0 bridgehead atoms. The van der Waals surface area contributed by atoms with Crippen molar-refractivity contribution in [3.8, 4) is 0 Å². The Balaban J connectivity index is 0.00000162. The molecule has 1 fully saturated rings. The van der Waals surface area contributed by atoms with Crippen LogP contribution in [-0.2, 0) is 4.79 Å². The van der Waals surface area contributed by atoms with Gasteiger partial charge in [-0.05, 0) is 12.1 Å². The highest BCUT2D eigenvalue weighted by molar-refractivity contribution is 7.99. The van der Waals surface area contributed by atoms with E-state index in [1.54, 1.807) is 17.8 Å². The van der Waals surface area contributed by atoms with Gasteiger partial charge in [-0.1, -0.05) is 12.1 Å². The van der Waals surface area contributed by atoms with E-state index in [0.717, 1.165) is 5.88 Å². The van der Waals surface area contributed by atoms with Crippen molar-refractivity contribution in [2.24, 2.45) is 0 Å². The van der Waals surface area contributed by atoms with Gasteiger partial charge in [0.15, 0.2) is 0 Å². The van der Waals surface area contributed by atoms with E-state index in [-0.39, 0.29) is 29.9 Å². The molecule has 1 aliphatic heterocycles. The molecule has 0 spiro atoms. The van der Waals surface area contributed by atoms with Crippen LogP contribution in [0.5, 0.6) is 0 Å². The van der Waals surface area contributed by atoms with Crippen LogP contribution in [0.4, 0.5) is 14.5 Å². The van der Waals surface area contributed by atoms with Gasteiger partial charge in [-0.15, -0.1) is 24.2 Å². The van der Waals surface area contributed by atoms with E-state index in [0.29, 0.717) is 11.4 Å². The van der Waals surface area contributed by atoms with E-state index >= 15 is 0 Å². The number of carbonyl (C=O) groups excluding carboxylic acids is 1. The number of anilines is 1. The minimum Gasteiger partial charge on any atom is -0.325 e. The molecule has 1 unspecified atom stereocenters. The van der Waals surface area contributed by atoms with Gasteiger partial charge in [-0.25, -0.2) is 8.78 Å². The van der Waals surface area contributed by atoms with Crippen LogP contribution < -0.4 is 10.6 Å². The summed E-state index contributed by atoms with van der Waals surface area (Å²) < 4.78 is 24.9. The predicted molar refractivity (Wildman–Crippen MR) is 71.5 cm³/mol. The zero-order valence-corrected chi connectivity index (χ0v) is 11.0. The maximum atomic E-state index is 12.5. The zero-order valence-electron chi connectivity index (χ0n) is 9.36. The summed E-state index contributed by atoms with van der Waals surface area (Å²) in [6, 6.07) is 5.50. The fraction of sp³-hybridized carbons (Fsp3) is 0.364. The normalized spacial score (nSPS) is 18.5. The number of hydrogen-bond donors (Lipinski definition) is 2. The summed E-state index contributed by atoms with van der Waals surface area (Å²) >= 11 is 1.64. The summed E-state index contributed by atoms with van der Waals surface area (Å²) in [6.07, 6.45) is -2.52. The van der Waals surface area contributed by atoms with E-state index in [2.05, 4.69) is 10.6 Å². The van der Waals surface area contributed by atoms with Gasteiger partial charge in [0.1, 0.15) is 0 Å². The van der Waals surface area contributed by atoms with Gasteiger partial charge in [-0.2, -0.15) is 0 Å². The van der Waals surface area contributed by atoms with Gasteiger partial charge < -0.3 is 5.32 Å². The predicted octanol–water partition coefficient (Wildman–Crippen LogP) is 2.65. The van der Waals surface area contributed by atoms with Crippen LogP contribution in [0.15, 0.2) is 24.3 Å². The Hall–Kier alpha value is -0.850. The number of nitrogens with one attached hydrogen (secondary N) is 2. The van der Waals surface area contributed by atoms with Gasteiger partial charge >= 0.3 is 0 Å². The van der Waals surface area contributed by atoms with Crippen LogP contribution in [-0.4, -0.2) is 23.6 Å². The molecule has 1 aromatic rings. The molecule has 2 rings (SSSR count). The number of thioether (sulfide) groups is 1. The van der Waals surface area contributed by atoms with Crippen molar-refractivity contribution in [3.63, 3.8) is 0 Å². The number of halogens is 3. The van der Waals surface area contributed by atoms with Gasteiger partial charge in [-0.3, -0.25) is 10.1 Å². The molecule has 0 radical (unpaired) electrons. The van der Waals surface area contributed by atoms with Crippen molar-refractivity contribution in [1.82, 2.24) is 5.32 Å². The first-order chi connectivity index (χ1) is 8.16. The van der Waals surface area contributed by atoms with Crippen LogP contribution in [0.2, 0.25) is 0 Å². The first kappa shape index (κ1) is 15.2. The SMILES string of the molecule is Cl.O=C(Nc1cccc(C(F)F)c1)C1CSCN1. The second kappa shape index (κ2) is 6.92. The Morgan fingerprint density at radius 2 is 2.28 bits per heavy atom. The minimum absolute atomic E-state index is 0. The first-order valence-corrected chi connectivity index (χ1v) is 6.32. The van der Waals surface area contributed by atoms with Gasteiger partial charge in [0.2, 0.25) is 5.91 Å². The molecule has 1 aliphatic rings. The highest BCUT2D eigenvalue weighted by Crippen LogP contribution is 2.22. The summed E-state index contributed by atoms with van der Waals surface area (Å²) in [7, 11) is 0. The second-order valence-electron chi connectivity index (χ2n) is 3.69. The van der Waals surface area contributed by atoms with E-state index in [4.69, 9.17) is 0 Å². The molecule has 1 aromatic carbocycles. The van der Waals surface area contributed by atoms with Gasteiger partial charge in [0, 0.05) is 22.9 Å². The Kier molecular flexibility index (Phi) is 5.84. The average molecular weight is 295 g/mol. The molecular formula is C11H13ClF2N2OS. The van der Waals surface area contributed by atoms with E-state index in [1.165, 1.54) is 18.2 Å². The molecule has 18 heavy (non-hydrogen) atoms. The number of carbonyl (C=O) groups is 1. The molecule has 100 valence electrons. The lowest BCUT2D eigenvalue weighted by Gasteiger charge is -2.11. The van der Waals surface area contributed by atoms with Crippen LogP contribution in [0.1, 0.15) is 12.0 Å². The van der Waals surface area contributed by atoms with Crippen LogP contribution >= 0.6 is 24.2 Å². The molecule has 1 amide bonds. The molecular weight excluding hydrogens is 282 g/mol. The highest BCUT2D eigenvalue weighted by Gasteiger charge is 2.22. The summed E-state index contributed by atoms with van der Waals surface area (Å²) in [6.45, 7) is 0. The van der Waals surface area contributed by atoms with E-state index < -0.39 is 6.43 Å². The first-order valence-electron chi connectivity index (χ1n) is 5.17. The number of hydrogen-bond acceptors (Lipinski definition) is 3. The lowest BCUT2D eigenvalue weighted by molar-refractivity contribution is -0.117. The van der Waals surface area contributed by atoms with Crippen molar-refractivity contribution in [2.45, 2.75) is 12.5 Å². The van der Waals surface area contributed by atoms with E-state index in [9.17, 15) is 13.6 Å². The number of rotatable bonds is 3. The smallest absolute Gasteiger partial charge is 0.263 e. The quantitative estimate of drug-likeness (QED) is 0.900. The second-order valence-corrected chi connectivity index (χ2v) is 4.72. The van der Waals surface area contributed by atoms with Crippen LogP contribution in [0.3, 0.4) is 0 Å². The van der Waals surface area contributed by atoms with Crippen molar-refractivity contribution in [3.05, 3.63) is 29.8 Å². The molecule has 2 N–H and O–H groups in total. The monoisotopic (exact) mass is 294 g/mol. The third-order valence-electron chi connectivity index (χ3n) is 2.44. The minimum atomic E-state index is -2.52. The maximum absolute atomic E-state index is 12.5. The molecule has 0 aliphatic carbocycles. The van der Waals surface area contributed by atoms with Gasteiger partial charge in [0.05, 0.1) is 6.04 Å². The number of benzene rings is 1. The molecule has 0 aromatic heterocycles. The average Bonchev–Trinajstić information content (AvgIpc) is 2.82. The zero-order chi connectivity index (χ0) is 12.3. The Morgan fingerprint density at radius 3 is 2.89 bits per heavy atom. The summed E-state index contributed by atoms with van der Waals surface area (Å²) in [5.74, 6) is 1.27. The maximum Gasteiger partial charge on any atom is 0.263 e. The number of alkyl halides is 2. The Bertz CT molecular complexity index is 414.